The average molecular weight is 459 g/mol. The first-order valence-corrected chi connectivity index (χ1v) is 10.4. The second-order valence-electron chi connectivity index (χ2n) is 7.25. The van der Waals surface area contributed by atoms with E-state index in [2.05, 4.69) is 5.32 Å². The van der Waals surface area contributed by atoms with Crippen LogP contribution in [-0.2, 0) is 16.1 Å². The molecule has 0 fully saturated rings. The molecule has 8 nitrogen and oxygen atoms in total. The first-order valence-electron chi connectivity index (χ1n) is 10.4. The molecule has 172 valence electrons. The molecular weight excluding hydrogens is 438 g/mol. The Labute approximate surface area is 194 Å². The summed E-state index contributed by atoms with van der Waals surface area (Å²) < 4.78 is 20.8. The van der Waals surface area contributed by atoms with Crippen LogP contribution in [0.2, 0.25) is 0 Å². The number of nitrogens with one attached hydrogen (secondary N) is 1. The number of hydrogen-bond acceptors (Lipinski definition) is 7. The van der Waals surface area contributed by atoms with Gasteiger partial charge in [-0.1, -0.05) is 42.5 Å². The summed E-state index contributed by atoms with van der Waals surface area (Å²) >= 11 is 0. The normalized spacial score (nSPS) is 10.5. The fourth-order valence-corrected chi connectivity index (χ4v) is 3.30. The van der Waals surface area contributed by atoms with Crippen molar-refractivity contribution in [2.75, 3.05) is 13.7 Å². The highest BCUT2D eigenvalue weighted by molar-refractivity contribution is 5.94. The Morgan fingerprint density at radius 2 is 1.65 bits per heavy atom. The van der Waals surface area contributed by atoms with Crippen LogP contribution in [0.25, 0.3) is 22.1 Å². The minimum atomic E-state index is -0.741. The quantitative estimate of drug-likeness (QED) is 0.250. The second kappa shape index (κ2) is 10.4. The van der Waals surface area contributed by atoms with E-state index in [1.165, 1.54) is 12.1 Å². The molecule has 4 rings (SSSR count). The number of methoxy groups -OCH3 is 1. The molecule has 8 heteroatoms. The standard InChI is InChI=1S/C26H21NO7/c1-31-19-9-7-18(8-10-19)22-14-24(28)34-23-13-20(11-12-21(22)23)33-25(29)15-27-26(30)32-16-17-5-3-2-4-6-17/h2-14H,15-16H2,1H3,(H,27,30). The van der Waals surface area contributed by atoms with E-state index in [0.717, 1.165) is 11.1 Å². The van der Waals surface area contributed by atoms with Crippen molar-refractivity contribution < 1.29 is 28.2 Å². The summed E-state index contributed by atoms with van der Waals surface area (Å²) in [6, 6.07) is 22.6. The number of rotatable bonds is 7. The third-order valence-electron chi connectivity index (χ3n) is 4.94. The van der Waals surface area contributed by atoms with Gasteiger partial charge in [0.15, 0.2) is 0 Å². The number of amides is 1. The fraction of sp³-hybridized carbons (Fsp3) is 0.115. The first-order chi connectivity index (χ1) is 16.5. The van der Waals surface area contributed by atoms with Crippen LogP contribution in [-0.4, -0.2) is 25.7 Å². The number of carbonyl (C=O) groups excluding carboxylic acids is 2. The van der Waals surface area contributed by atoms with Crippen molar-refractivity contribution in [2.45, 2.75) is 6.61 Å². The van der Waals surface area contributed by atoms with E-state index in [0.29, 0.717) is 16.7 Å². The number of ether oxygens (including phenoxy) is 3. The molecule has 1 aromatic heterocycles. The van der Waals surface area contributed by atoms with Gasteiger partial charge in [0.05, 0.1) is 7.11 Å². The van der Waals surface area contributed by atoms with E-state index in [1.54, 1.807) is 31.4 Å². The Hall–Kier alpha value is -4.59. The number of alkyl carbamates (subject to hydrolysis) is 1. The molecule has 1 amide bonds. The van der Waals surface area contributed by atoms with E-state index < -0.39 is 17.7 Å². The van der Waals surface area contributed by atoms with Crippen LogP contribution in [0.5, 0.6) is 11.5 Å². The number of fused-ring (bicyclic) bond motifs is 1. The third kappa shape index (κ3) is 5.60. The van der Waals surface area contributed by atoms with Gasteiger partial charge < -0.3 is 23.9 Å². The molecule has 3 aromatic carbocycles. The maximum absolute atomic E-state index is 12.1. The molecule has 1 N–H and O–H groups in total. The topological polar surface area (TPSA) is 104 Å². The van der Waals surface area contributed by atoms with Gasteiger partial charge in [0.2, 0.25) is 0 Å². The molecule has 1 heterocycles. The van der Waals surface area contributed by atoms with Crippen molar-refractivity contribution in [1.82, 2.24) is 5.32 Å². The highest BCUT2D eigenvalue weighted by atomic mass is 16.6. The Kier molecular flexibility index (Phi) is 6.88. The van der Waals surface area contributed by atoms with Crippen LogP contribution >= 0.6 is 0 Å². The van der Waals surface area contributed by atoms with Gasteiger partial charge in [-0.25, -0.2) is 14.4 Å². The van der Waals surface area contributed by atoms with Crippen LogP contribution in [0.15, 0.2) is 88.1 Å². The third-order valence-corrected chi connectivity index (χ3v) is 4.94. The Bertz CT molecular complexity index is 1360. The van der Waals surface area contributed by atoms with Crippen molar-refractivity contribution >= 4 is 23.0 Å². The molecule has 0 radical (unpaired) electrons. The van der Waals surface area contributed by atoms with Crippen molar-refractivity contribution in [1.29, 1.82) is 0 Å². The van der Waals surface area contributed by atoms with Crippen molar-refractivity contribution in [3.8, 4) is 22.6 Å². The highest BCUT2D eigenvalue weighted by Gasteiger charge is 2.13. The zero-order valence-corrected chi connectivity index (χ0v) is 18.3. The Morgan fingerprint density at radius 3 is 2.38 bits per heavy atom. The van der Waals surface area contributed by atoms with E-state index in [4.69, 9.17) is 18.6 Å². The van der Waals surface area contributed by atoms with Gasteiger partial charge in [-0.15, -0.1) is 0 Å². The van der Waals surface area contributed by atoms with E-state index in [-0.39, 0.29) is 24.5 Å². The summed E-state index contributed by atoms with van der Waals surface area (Å²) in [6.45, 7) is -0.302. The lowest BCUT2D eigenvalue weighted by Gasteiger charge is -2.09. The van der Waals surface area contributed by atoms with Gasteiger partial charge in [0.25, 0.3) is 0 Å². The van der Waals surface area contributed by atoms with Gasteiger partial charge in [-0.3, -0.25) is 0 Å². The van der Waals surface area contributed by atoms with Crippen molar-refractivity contribution in [3.63, 3.8) is 0 Å². The van der Waals surface area contributed by atoms with Crippen LogP contribution in [0.3, 0.4) is 0 Å². The largest absolute Gasteiger partial charge is 0.497 e. The number of carbonyl (C=O) groups is 2. The van der Waals surface area contributed by atoms with Crippen molar-refractivity contribution in [3.05, 3.63) is 94.8 Å². The molecule has 0 bridgehead atoms. The molecule has 0 aliphatic carbocycles. The van der Waals surface area contributed by atoms with Crippen LogP contribution in [0.1, 0.15) is 5.56 Å². The monoisotopic (exact) mass is 459 g/mol. The fourth-order valence-electron chi connectivity index (χ4n) is 3.30. The zero-order chi connectivity index (χ0) is 23.9. The molecule has 0 aliphatic rings. The molecule has 0 saturated carbocycles. The molecule has 34 heavy (non-hydrogen) atoms. The Balaban J connectivity index is 1.40. The minimum absolute atomic E-state index is 0.0853. The number of hydrogen-bond donors (Lipinski definition) is 1. The molecule has 0 aliphatic heterocycles. The Morgan fingerprint density at radius 1 is 0.912 bits per heavy atom. The first kappa shape index (κ1) is 22.6. The second-order valence-corrected chi connectivity index (χ2v) is 7.25. The van der Waals surface area contributed by atoms with Gasteiger partial charge in [0, 0.05) is 17.5 Å². The van der Waals surface area contributed by atoms with E-state index in [1.807, 2.05) is 42.5 Å². The average Bonchev–Trinajstić information content (AvgIpc) is 2.86. The smallest absolute Gasteiger partial charge is 0.407 e. The lowest BCUT2D eigenvalue weighted by Crippen LogP contribution is -2.32. The summed E-state index contributed by atoms with van der Waals surface area (Å²) in [6.07, 6.45) is -0.741. The predicted octanol–water partition coefficient (Wildman–Crippen LogP) is 4.30. The molecule has 0 atom stereocenters. The lowest BCUT2D eigenvalue weighted by molar-refractivity contribution is -0.133. The number of benzene rings is 3. The maximum atomic E-state index is 12.1. The van der Waals surface area contributed by atoms with E-state index >= 15 is 0 Å². The van der Waals surface area contributed by atoms with Gasteiger partial charge in [-0.2, -0.15) is 0 Å². The molecule has 0 unspecified atom stereocenters. The highest BCUT2D eigenvalue weighted by Crippen LogP contribution is 2.30. The van der Waals surface area contributed by atoms with Gasteiger partial charge in [0.1, 0.15) is 30.2 Å². The summed E-state index contributed by atoms with van der Waals surface area (Å²) in [5.74, 6) is 0.166. The summed E-state index contributed by atoms with van der Waals surface area (Å²) in [5, 5.41) is 3.01. The molecule has 0 saturated heterocycles. The lowest BCUT2D eigenvalue weighted by atomic mass is 10.0. The van der Waals surface area contributed by atoms with Crippen LogP contribution in [0.4, 0.5) is 4.79 Å². The summed E-state index contributed by atoms with van der Waals surface area (Å²) in [5.41, 5.74) is 2.03. The van der Waals surface area contributed by atoms with Gasteiger partial charge >= 0.3 is 17.7 Å². The molecule has 0 spiro atoms. The molecular formula is C26H21NO7. The van der Waals surface area contributed by atoms with Crippen LogP contribution < -0.4 is 20.4 Å². The number of esters is 1. The minimum Gasteiger partial charge on any atom is -0.497 e. The van der Waals surface area contributed by atoms with E-state index in [9.17, 15) is 14.4 Å². The summed E-state index contributed by atoms with van der Waals surface area (Å²) in [4.78, 5) is 36.1. The maximum Gasteiger partial charge on any atom is 0.407 e. The van der Waals surface area contributed by atoms with Crippen LogP contribution in [0, 0.1) is 0 Å². The SMILES string of the molecule is COc1ccc(-c2cc(=O)oc3cc(OC(=O)CNC(=O)OCc4ccccc4)ccc23)cc1. The summed E-state index contributed by atoms with van der Waals surface area (Å²) in [7, 11) is 1.58. The van der Waals surface area contributed by atoms with Gasteiger partial charge in [-0.05, 0) is 41.0 Å². The molecule has 4 aromatic rings. The predicted molar refractivity (Wildman–Crippen MR) is 125 cm³/mol. The van der Waals surface area contributed by atoms with Crippen molar-refractivity contribution in [2.24, 2.45) is 0 Å². The zero-order valence-electron chi connectivity index (χ0n) is 18.3.